The second kappa shape index (κ2) is 8.68. The second-order valence-electron chi connectivity index (χ2n) is 4.91. The molecule has 0 spiro atoms. The quantitative estimate of drug-likeness (QED) is 0.228. The average Bonchev–Trinajstić information content (AvgIpc) is 2.58. The number of nitro benzene ring substituents is 1. The van der Waals surface area contributed by atoms with Gasteiger partial charge in [-0.25, -0.2) is 5.43 Å². The van der Waals surface area contributed by atoms with Gasteiger partial charge in [-0.1, -0.05) is 6.07 Å². The van der Waals surface area contributed by atoms with Crippen LogP contribution in [0, 0.1) is 10.1 Å². The molecule has 0 heterocycles. The lowest BCUT2D eigenvalue weighted by Crippen LogP contribution is -2.17. The van der Waals surface area contributed by atoms with Crippen molar-refractivity contribution in [2.75, 3.05) is 0 Å². The Kier molecular flexibility index (Phi) is 6.58. The monoisotopic (exact) mass is 483 g/mol. The number of hydrazone groups is 1. The maximum atomic E-state index is 12.0. The van der Waals surface area contributed by atoms with Crippen LogP contribution in [0.25, 0.3) is 0 Å². The largest absolute Gasteiger partial charge is 0.424 e. The number of ether oxygens (including phenoxy) is 1. The first-order valence-corrected chi connectivity index (χ1v) is 8.62. The third-order valence-corrected chi connectivity index (χ3v) is 4.14. The Bertz CT molecular complexity index is 892. The summed E-state index contributed by atoms with van der Waals surface area (Å²) in [5.74, 6) is -0.716. The lowest BCUT2D eigenvalue weighted by atomic mass is 10.2. The van der Waals surface area contributed by atoms with E-state index in [1.165, 1.54) is 31.3 Å². The molecule has 0 aliphatic carbocycles. The number of carbonyl (C=O) groups is 2. The van der Waals surface area contributed by atoms with Gasteiger partial charge >= 0.3 is 5.97 Å². The van der Waals surface area contributed by atoms with E-state index in [1.54, 1.807) is 12.1 Å². The molecular formula is C16H11Br2N3O5. The molecule has 1 amide bonds. The molecule has 0 aromatic heterocycles. The molecule has 0 radical (unpaired) electrons. The van der Waals surface area contributed by atoms with Gasteiger partial charge in [0.15, 0.2) is 5.75 Å². The van der Waals surface area contributed by atoms with E-state index in [-0.39, 0.29) is 11.3 Å². The Morgan fingerprint density at radius 3 is 2.46 bits per heavy atom. The van der Waals surface area contributed by atoms with E-state index in [4.69, 9.17) is 4.74 Å². The van der Waals surface area contributed by atoms with Crippen molar-refractivity contribution in [3.63, 3.8) is 0 Å². The molecule has 1 N–H and O–H groups in total. The van der Waals surface area contributed by atoms with Crippen LogP contribution < -0.4 is 10.2 Å². The number of hydrogen-bond donors (Lipinski definition) is 1. The number of nitrogens with zero attached hydrogens (tertiary/aromatic N) is 2. The van der Waals surface area contributed by atoms with Crippen LogP contribution >= 0.6 is 31.9 Å². The van der Waals surface area contributed by atoms with Crippen LogP contribution in [0.2, 0.25) is 0 Å². The van der Waals surface area contributed by atoms with Crippen LogP contribution in [0.4, 0.5) is 5.69 Å². The van der Waals surface area contributed by atoms with Crippen LogP contribution in [-0.4, -0.2) is 23.0 Å². The molecule has 2 aromatic carbocycles. The molecule has 0 bridgehead atoms. The van der Waals surface area contributed by atoms with E-state index < -0.39 is 16.8 Å². The van der Waals surface area contributed by atoms with Crippen molar-refractivity contribution in [1.82, 2.24) is 5.43 Å². The van der Waals surface area contributed by atoms with Crippen LogP contribution in [-0.2, 0) is 4.79 Å². The first-order chi connectivity index (χ1) is 12.3. The zero-order chi connectivity index (χ0) is 19.3. The predicted octanol–water partition coefficient (Wildman–Crippen LogP) is 3.81. The molecule has 0 aliphatic rings. The van der Waals surface area contributed by atoms with E-state index >= 15 is 0 Å². The van der Waals surface area contributed by atoms with E-state index in [2.05, 4.69) is 42.4 Å². The highest BCUT2D eigenvalue weighted by Gasteiger charge is 2.12. The lowest BCUT2D eigenvalue weighted by Gasteiger charge is -2.07. The van der Waals surface area contributed by atoms with Crippen molar-refractivity contribution in [1.29, 1.82) is 0 Å². The fraction of sp³-hybridized carbons (Fsp3) is 0.0625. The second-order valence-corrected chi connectivity index (χ2v) is 6.62. The van der Waals surface area contributed by atoms with Crippen LogP contribution in [0.1, 0.15) is 22.8 Å². The highest BCUT2D eigenvalue weighted by atomic mass is 79.9. The molecule has 2 aromatic rings. The van der Waals surface area contributed by atoms with Crippen molar-refractivity contribution >= 4 is 55.6 Å². The third kappa shape index (κ3) is 5.20. The van der Waals surface area contributed by atoms with Crippen molar-refractivity contribution in [3.8, 4) is 5.75 Å². The van der Waals surface area contributed by atoms with Crippen molar-refractivity contribution in [2.24, 2.45) is 5.10 Å². The zero-order valence-corrected chi connectivity index (χ0v) is 16.4. The van der Waals surface area contributed by atoms with Gasteiger partial charge in [-0.3, -0.25) is 19.7 Å². The van der Waals surface area contributed by atoms with E-state index in [0.717, 1.165) is 6.07 Å². The van der Waals surface area contributed by atoms with Gasteiger partial charge in [0.05, 0.1) is 20.1 Å². The number of carbonyl (C=O) groups excluding carboxylic acids is 2. The highest BCUT2D eigenvalue weighted by molar-refractivity contribution is 9.11. The molecule has 26 heavy (non-hydrogen) atoms. The first-order valence-electron chi connectivity index (χ1n) is 7.03. The highest BCUT2D eigenvalue weighted by Crippen LogP contribution is 2.34. The average molecular weight is 485 g/mol. The fourth-order valence-corrected chi connectivity index (χ4v) is 3.27. The normalized spacial score (nSPS) is 10.6. The summed E-state index contributed by atoms with van der Waals surface area (Å²) in [4.78, 5) is 33.2. The number of benzene rings is 2. The molecule has 0 fully saturated rings. The van der Waals surface area contributed by atoms with Gasteiger partial charge < -0.3 is 4.74 Å². The number of nitro groups is 1. The fourth-order valence-electron chi connectivity index (χ4n) is 1.89. The molecule has 0 aliphatic heterocycles. The molecule has 2 rings (SSSR count). The number of halogens is 2. The van der Waals surface area contributed by atoms with Crippen LogP contribution in [0.15, 0.2) is 50.4 Å². The van der Waals surface area contributed by atoms with E-state index in [0.29, 0.717) is 20.3 Å². The van der Waals surface area contributed by atoms with E-state index in [9.17, 15) is 19.7 Å². The molecule has 0 saturated heterocycles. The van der Waals surface area contributed by atoms with Gasteiger partial charge in [-0.05, 0) is 55.6 Å². The zero-order valence-electron chi connectivity index (χ0n) is 13.2. The standard InChI is InChI=1S/C16H11Br2N3O5/c1-9(22)26-15-13(17)5-10(6-14(15)18)8-19-20-16(23)11-3-2-4-12(7-11)21(24)25/h2-8H,1H3,(H,20,23)/b19-8-. The molecule has 0 saturated carbocycles. The maximum Gasteiger partial charge on any atom is 0.308 e. The van der Waals surface area contributed by atoms with Crippen molar-refractivity contribution in [2.45, 2.75) is 6.92 Å². The summed E-state index contributed by atoms with van der Waals surface area (Å²) in [5.41, 5.74) is 2.83. The number of rotatable bonds is 5. The molecule has 0 atom stereocenters. The summed E-state index contributed by atoms with van der Waals surface area (Å²) in [5, 5.41) is 14.6. The first kappa shape index (κ1) is 19.7. The molecule has 8 nitrogen and oxygen atoms in total. The van der Waals surface area contributed by atoms with Crippen molar-refractivity contribution < 1.29 is 19.2 Å². The van der Waals surface area contributed by atoms with Gasteiger partial charge in [-0.15, -0.1) is 0 Å². The third-order valence-electron chi connectivity index (χ3n) is 2.97. The number of nitrogens with one attached hydrogen (secondary N) is 1. The molecule has 0 unspecified atom stereocenters. The number of esters is 1. The van der Waals surface area contributed by atoms with Crippen LogP contribution in [0.3, 0.4) is 0 Å². The maximum absolute atomic E-state index is 12.0. The van der Waals surface area contributed by atoms with Gasteiger partial charge in [0, 0.05) is 24.6 Å². The lowest BCUT2D eigenvalue weighted by molar-refractivity contribution is -0.384. The van der Waals surface area contributed by atoms with Gasteiger partial charge in [0.25, 0.3) is 11.6 Å². The number of hydrogen-bond acceptors (Lipinski definition) is 6. The van der Waals surface area contributed by atoms with Gasteiger partial charge in [0.2, 0.25) is 0 Å². The summed E-state index contributed by atoms with van der Waals surface area (Å²) in [6, 6.07) is 8.60. The Morgan fingerprint density at radius 2 is 1.88 bits per heavy atom. The number of non-ortho nitro benzene ring substituents is 1. The SMILES string of the molecule is CC(=O)Oc1c(Br)cc(/C=N\NC(=O)c2cccc([N+](=O)[O-])c2)cc1Br. The molecule has 134 valence electrons. The van der Waals surface area contributed by atoms with Gasteiger partial charge in [0.1, 0.15) is 0 Å². The minimum Gasteiger partial charge on any atom is -0.424 e. The van der Waals surface area contributed by atoms with E-state index in [1.807, 2.05) is 0 Å². The summed E-state index contributed by atoms with van der Waals surface area (Å²) < 4.78 is 6.10. The van der Waals surface area contributed by atoms with Gasteiger partial charge in [-0.2, -0.15) is 5.10 Å². The summed E-state index contributed by atoms with van der Waals surface area (Å²) in [6.45, 7) is 1.29. The summed E-state index contributed by atoms with van der Waals surface area (Å²) >= 11 is 6.57. The Hall–Kier alpha value is -2.59. The topological polar surface area (TPSA) is 111 Å². The van der Waals surface area contributed by atoms with Crippen molar-refractivity contribution in [3.05, 3.63) is 66.6 Å². The minimum atomic E-state index is -0.584. The minimum absolute atomic E-state index is 0.115. The van der Waals surface area contributed by atoms with Crippen LogP contribution in [0.5, 0.6) is 5.75 Å². The Morgan fingerprint density at radius 1 is 1.23 bits per heavy atom. The summed E-state index contributed by atoms with van der Waals surface area (Å²) in [6.07, 6.45) is 1.38. The molecule has 10 heteroatoms. The number of amides is 1. The Balaban J connectivity index is 2.11. The smallest absolute Gasteiger partial charge is 0.308 e. The predicted molar refractivity (Wildman–Crippen MR) is 101 cm³/mol. The summed E-state index contributed by atoms with van der Waals surface area (Å²) in [7, 11) is 0. The Labute approximate surface area is 164 Å². The molecular weight excluding hydrogens is 474 g/mol.